The van der Waals surface area contributed by atoms with Crippen LogP contribution in [0.5, 0.6) is 0 Å². The number of hydrogen-bond donors (Lipinski definition) is 1. The molecule has 0 saturated carbocycles. The van der Waals surface area contributed by atoms with Gasteiger partial charge < -0.3 is 10.2 Å². The van der Waals surface area contributed by atoms with Crippen molar-refractivity contribution in [3.8, 4) is 0 Å². The third-order valence-electron chi connectivity index (χ3n) is 5.36. The summed E-state index contributed by atoms with van der Waals surface area (Å²) in [6, 6.07) is 7.88. The fraction of sp³-hybridized carbons (Fsp3) is 0.455. The Hall–Kier alpha value is -2.39. The van der Waals surface area contributed by atoms with Crippen LogP contribution in [0.15, 0.2) is 34.2 Å². The number of carbonyl (C=O) groups is 1. The van der Waals surface area contributed by atoms with Crippen molar-refractivity contribution in [2.45, 2.75) is 51.2 Å². The smallest absolute Gasteiger partial charge is 0.273 e. The van der Waals surface area contributed by atoms with Crippen molar-refractivity contribution >= 4 is 50.2 Å². The van der Waals surface area contributed by atoms with Gasteiger partial charge in [0.2, 0.25) is 5.91 Å². The van der Waals surface area contributed by atoms with E-state index in [1.165, 1.54) is 28.7 Å². The molecule has 1 amide bonds. The van der Waals surface area contributed by atoms with E-state index < -0.39 is 0 Å². The van der Waals surface area contributed by atoms with E-state index in [-0.39, 0.29) is 17.2 Å². The van der Waals surface area contributed by atoms with E-state index >= 15 is 0 Å². The van der Waals surface area contributed by atoms with E-state index in [4.69, 9.17) is 0 Å². The van der Waals surface area contributed by atoms with Gasteiger partial charge in [-0.15, -0.1) is 0 Å². The highest BCUT2D eigenvalue weighted by molar-refractivity contribution is 7.99. The molecule has 0 bridgehead atoms. The lowest BCUT2D eigenvalue weighted by Crippen LogP contribution is -2.23. The highest BCUT2D eigenvalue weighted by Gasteiger charge is 2.20. The average Bonchev–Trinajstić information content (AvgIpc) is 3.42. The number of benzene rings is 1. The molecule has 1 saturated heterocycles. The molecule has 3 aromatic rings. The molecule has 3 heterocycles. The van der Waals surface area contributed by atoms with Crippen LogP contribution < -0.4 is 15.8 Å². The Morgan fingerprint density at radius 1 is 1.19 bits per heavy atom. The molecule has 1 aromatic carbocycles. The summed E-state index contributed by atoms with van der Waals surface area (Å²) in [4.78, 5) is 36.9. The van der Waals surface area contributed by atoms with E-state index in [2.05, 4.69) is 34.0 Å². The second-order valence-corrected chi connectivity index (χ2v) is 9.82. The van der Waals surface area contributed by atoms with Gasteiger partial charge in [-0.3, -0.25) is 14.2 Å². The van der Waals surface area contributed by atoms with Crippen molar-refractivity contribution in [1.82, 2.24) is 14.5 Å². The monoisotopic (exact) mass is 457 g/mol. The second-order valence-electron chi connectivity index (χ2n) is 7.90. The van der Waals surface area contributed by atoms with Crippen molar-refractivity contribution in [3.63, 3.8) is 0 Å². The number of thiazole rings is 1. The molecule has 0 atom stereocenters. The van der Waals surface area contributed by atoms with Gasteiger partial charge in [-0.2, -0.15) is 4.98 Å². The number of aromatic nitrogens is 3. The Balaban J connectivity index is 1.49. The van der Waals surface area contributed by atoms with Gasteiger partial charge in [-0.1, -0.05) is 49.1 Å². The normalized spacial score (nSPS) is 14.0. The van der Waals surface area contributed by atoms with Crippen molar-refractivity contribution in [1.29, 1.82) is 0 Å². The summed E-state index contributed by atoms with van der Waals surface area (Å²) in [6.45, 7) is 8.63. The third-order valence-corrected chi connectivity index (χ3v) is 7.43. The van der Waals surface area contributed by atoms with Crippen LogP contribution in [-0.4, -0.2) is 39.3 Å². The summed E-state index contributed by atoms with van der Waals surface area (Å²) in [5.74, 6) is 0.492. The number of fused-ring (bicyclic) bond motifs is 1. The molecule has 0 radical (unpaired) electrons. The molecule has 2 aromatic heterocycles. The van der Waals surface area contributed by atoms with E-state index in [1.54, 1.807) is 4.57 Å². The molecule has 1 N–H and O–H groups in total. The highest BCUT2D eigenvalue weighted by Crippen LogP contribution is 2.29. The largest absolute Gasteiger partial charge is 0.348 e. The molecule has 1 aliphatic rings. The van der Waals surface area contributed by atoms with E-state index in [0.717, 1.165) is 36.8 Å². The molecule has 1 aliphatic heterocycles. The molecule has 7 nitrogen and oxygen atoms in total. The highest BCUT2D eigenvalue weighted by atomic mass is 32.2. The topological polar surface area (TPSA) is 80.1 Å². The Morgan fingerprint density at radius 3 is 2.55 bits per heavy atom. The zero-order valence-corrected chi connectivity index (χ0v) is 19.7. The van der Waals surface area contributed by atoms with Gasteiger partial charge >= 0.3 is 0 Å². The minimum Gasteiger partial charge on any atom is -0.348 e. The van der Waals surface area contributed by atoms with Gasteiger partial charge in [0.05, 0.1) is 5.75 Å². The lowest BCUT2D eigenvalue weighted by molar-refractivity contribution is -0.113. The van der Waals surface area contributed by atoms with Crippen molar-refractivity contribution in [2.24, 2.45) is 0 Å². The summed E-state index contributed by atoms with van der Waals surface area (Å²) >= 11 is 2.69. The van der Waals surface area contributed by atoms with Gasteiger partial charge in [0.25, 0.3) is 5.56 Å². The summed E-state index contributed by atoms with van der Waals surface area (Å²) in [7, 11) is 0. The maximum atomic E-state index is 13.0. The minimum absolute atomic E-state index is 0.0809. The fourth-order valence-corrected chi connectivity index (χ4v) is 5.45. The molecule has 1 fully saturated rings. The lowest BCUT2D eigenvalue weighted by Gasteiger charge is -2.11. The van der Waals surface area contributed by atoms with Gasteiger partial charge in [-0.05, 0) is 43.4 Å². The quantitative estimate of drug-likeness (QED) is 0.420. The van der Waals surface area contributed by atoms with E-state index in [1.807, 2.05) is 31.2 Å². The second kappa shape index (κ2) is 9.40. The molecule has 0 unspecified atom stereocenters. The van der Waals surface area contributed by atoms with Crippen molar-refractivity contribution in [3.05, 3.63) is 40.2 Å². The van der Waals surface area contributed by atoms with Gasteiger partial charge in [0.1, 0.15) is 4.70 Å². The number of amides is 1. The molecular weight excluding hydrogens is 430 g/mol. The summed E-state index contributed by atoms with van der Waals surface area (Å²) in [5, 5.41) is 4.31. The fourth-order valence-electron chi connectivity index (χ4n) is 3.59. The van der Waals surface area contributed by atoms with Crippen molar-refractivity contribution in [2.75, 3.05) is 29.1 Å². The number of anilines is 2. The molecule has 164 valence electrons. The first-order valence-electron chi connectivity index (χ1n) is 10.6. The maximum Gasteiger partial charge on any atom is 0.273 e. The summed E-state index contributed by atoms with van der Waals surface area (Å²) in [6.07, 6.45) is 2.30. The number of nitrogens with zero attached hydrogens (tertiary/aromatic N) is 4. The van der Waals surface area contributed by atoms with Crippen LogP contribution in [0.1, 0.15) is 45.1 Å². The molecule has 31 heavy (non-hydrogen) atoms. The number of rotatable bonds is 7. The van der Waals surface area contributed by atoms with E-state index in [0.29, 0.717) is 28.0 Å². The Bertz CT molecular complexity index is 1130. The first-order valence-corrected chi connectivity index (χ1v) is 12.5. The Morgan fingerprint density at radius 2 is 1.90 bits per heavy atom. The Labute approximate surface area is 189 Å². The standard InChI is InChI=1S/C22H27N5O2S2/c1-4-27-20(29)18-19(24-21(31-18)26-11-5-6-12-26)25-22(27)30-13-17(28)23-16-9-7-15(8-10-16)14(2)3/h7-10,14H,4-6,11-13H2,1-3H3,(H,23,28). The zero-order valence-electron chi connectivity index (χ0n) is 18.1. The van der Waals surface area contributed by atoms with Crippen LogP contribution in [-0.2, 0) is 11.3 Å². The number of thioether (sulfide) groups is 1. The zero-order chi connectivity index (χ0) is 22.0. The van der Waals surface area contributed by atoms with Crippen LogP contribution in [0.2, 0.25) is 0 Å². The Kier molecular flexibility index (Phi) is 6.62. The maximum absolute atomic E-state index is 13.0. The van der Waals surface area contributed by atoms with Crippen LogP contribution in [0, 0.1) is 0 Å². The number of carbonyl (C=O) groups excluding carboxylic acids is 1. The molecule has 9 heteroatoms. The third kappa shape index (κ3) is 4.77. The van der Waals surface area contributed by atoms with Crippen LogP contribution >= 0.6 is 23.1 Å². The van der Waals surface area contributed by atoms with Crippen LogP contribution in [0.25, 0.3) is 10.3 Å². The minimum atomic E-state index is -0.129. The van der Waals surface area contributed by atoms with Gasteiger partial charge in [0.15, 0.2) is 15.9 Å². The lowest BCUT2D eigenvalue weighted by atomic mass is 10.0. The van der Waals surface area contributed by atoms with Gasteiger partial charge in [0, 0.05) is 25.3 Å². The summed E-state index contributed by atoms with van der Waals surface area (Å²) < 4.78 is 2.21. The number of nitrogens with one attached hydrogen (secondary N) is 1. The van der Waals surface area contributed by atoms with Crippen molar-refractivity contribution < 1.29 is 4.79 Å². The molecular formula is C22H27N5O2S2. The van der Waals surface area contributed by atoms with E-state index in [9.17, 15) is 9.59 Å². The van der Waals surface area contributed by atoms with Gasteiger partial charge in [-0.25, -0.2) is 4.98 Å². The predicted octanol–water partition coefficient (Wildman–Crippen LogP) is 4.33. The van der Waals surface area contributed by atoms with Crippen LogP contribution in [0.3, 0.4) is 0 Å². The van der Waals surface area contributed by atoms with Crippen LogP contribution in [0.4, 0.5) is 10.8 Å². The first kappa shape index (κ1) is 21.8. The predicted molar refractivity (Wildman–Crippen MR) is 129 cm³/mol. The average molecular weight is 458 g/mol. The SMILES string of the molecule is CCn1c(SCC(=O)Nc2ccc(C(C)C)cc2)nc2nc(N3CCCC3)sc2c1=O. The molecule has 4 rings (SSSR count). The number of hydrogen-bond acceptors (Lipinski definition) is 7. The first-order chi connectivity index (χ1) is 15.0. The molecule has 0 spiro atoms. The summed E-state index contributed by atoms with van der Waals surface area (Å²) in [5.41, 5.74) is 2.39. The molecule has 0 aliphatic carbocycles.